The zero-order valence-corrected chi connectivity index (χ0v) is 12.9. The highest BCUT2D eigenvalue weighted by molar-refractivity contribution is 5.74. The van der Waals surface area contributed by atoms with Gasteiger partial charge in [-0.2, -0.15) is 13.2 Å². The van der Waals surface area contributed by atoms with Gasteiger partial charge in [0.15, 0.2) is 11.6 Å². The smallest absolute Gasteiger partial charge is 0.394 e. The van der Waals surface area contributed by atoms with E-state index in [1.165, 1.54) is 13.0 Å². The molecule has 7 heteroatoms. The minimum atomic E-state index is -4.50. The fraction of sp³-hybridized carbons (Fsp3) is 0.562. The number of halogens is 5. The zero-order valence-electron chi connectivity index (χ0n) is 12.9. The Labute approximate surface area is 130 Å². The van der Waals surface area contributed by atoms with E-state index < -0.39 is 47.5 Å². The molecule has 1 aromatic rings. The highest BCUT2D eigenvalue weighted by atomic mass is 19.4. The lowest BCUT2D eigenvalue weighted by Crippen LogP contribution is -2.33. The van der Waals surface area contributed by atoms with Crippen LogP contribution in [0.5, 0.6) is 0 Å². The van der Waals surface area contributed by atoms with E-state index in [2.05, 4.69) is 4.74 Å². The van der Waals surface area contributed by atoms with Gasteiger partial charge in [-0.3, -0.25) is 4.79 Å². The maximum Gasteiger partial charge on any atom is 0.394 e. The highest BCUT2D eigenvalue weighted by Crippen LogP contribution is 2.58. The number of ether oxygens (including phenoxy) is 1. The Balaban J connectivity index is 2.50. The molecule has 1 aliphatic carbocycles. The maximum atomic E-state index is 13.8. The van der Waals surface area contributed by atoms with Crippen LogP contribution in [0.15, 0.2) is 12.1 Å². The quantitative estimate of drug-likeness (QED) is 0.587. The number of alkyl halides is 3. The average Bonchev–Trinajstić information content (AvgIpc) is 2.83. The first-order chi connectivity index (χ1) is 10.5. The van der Waals surface area contributed by atoms with Gasteiger partial charge >= 0.3 is 12.1 Å². The minimum absolute atomic E-state index is 0.0738. The zero-order chi connectivity index (χ0) is 17.6. The Bertz CT molecular complexity index is 626. The average molecular weight is 336 g/mol. The second-order valence-corrected chi connectivity index (χ2v) is 6.28. The van der Waals surface area contributed by atoms with Crippen molar-refractivity contribution in [3.8, 4) is 0 Å². The fourth-order valence-corrected chi connectivity index (χ4v) is 3.36. The number of hydrogen-bond donors (Lipinski definition) is 0. The molecule has 1 fully saturated rings. The van der Waals surface area contributed by atoms with Gasteiger partial charge in [0.2, 0.25) is 0 Å². The van der Waals surface area contributed by atoms with E-state index in [4.69, 9.17) is 0 Å². The molecular formula is C16H17F5O2. The lowest BCUT2D eigenvalue weighted by atomic mass is 9.84. The molecule has 0 bridgehead atoms. The van der Waals surface area contributed by atoms with Crippen LogP contribution in [0.3, 0.4) is 0 Å². The molecule has 3 atom stereocenters. The van der Waals surface area contributed by atoms with Crippen LogP contribution in [0.1, 0.15) is 36.8 Å². The van der Waals surface area contributed by atoms with Crippen molar-refractivity contribution in [1.82, 2.24) is 0 Å². The van der Waals surface area contributed by atoms with Crippen LogP contribution in [0.25, 0.3) is 0 Å². The van der Waals surface area contributed by atoms with Gasteiger partial charge in [0, 0.05) is 0 Å². The third-order valence-corrected chi connectivity index (χ3v) is 4.80. The number of benzene rings is 1. The normalized spacial score (nSPS) is 28.0. The van der Waals surface area contributed by atoms with Crippen LogP contribution in [-0.2, 0) is 9.53 Å². The molecule has 0 aliphatic heterocycles. The van der Waals surface area contributed by atoms with Crippen molar-refractivity contribution in [3.63, 3.8) is 0 Å². The largest absolute Gasteiger partial charge is 0.469 e. The van der Waals surface area contributed by atoms with Gasteiger partial charge in [0.25, 0.3) is 0 Å². The van der Waals surface area contributed by atoms with Crippen LogP contribution < -0.4 is 0 Å². The van der Waals surface area contributed by atoms with Crippen molar-refractivity contribution in [1.29, 1.82) is 0 Å². The number of esters is 1. The van der Waals surface area contributed by atoms with Crippen LogP contribution in [0.2, 0.25) is 0 Å². The predicted molar refractivity (Wildman–Crippen MR) is 72.7 cm³/mol. The summed E-state index contributed by atoms with van der Waals surface area (Å²) in [5, 5.41) is 0. The Morgan fingerprint density at radius 2 is 1.87 bits per heavy atom. The Kier molecular flexibility index (Phi) is 4.43. The first-order valence-electron chi connectivity index (χ1n) is 7.11. The van der Waals surface area contributed by atoms with E-state index in [0.29, 0.717) is 0 Å². The van der Waals surface area contributed by atoms with Gasteiger partial charge in [-0.15, -0.1) is 0 Å². The minimum Gasteiger partial charge on any atom is -0.469 e. The second kappa shape index (κ2) is 5.76. The van der Waals surface area contributed by atoms with Crippen LogP contribution in [0, 0.1) is 29.9 Å². The van der Waals surface area contributed by atoms with E-state index in [1.54, 1.807) is 0 Å². The molecule has 0 amide bonds. The van der Waals surface area contributed by atoms with E-state index in [1.807, 2.05) is 0 Å². The van der Waals surface area contributed by atoms with Gasteiger partial charge in [0.1, 0.15) is 0 Å². The molecule has 1 aliphatic rings. The Morgan fingerprint density at radius 1 is 1.26 bits per heavy atom. The summed E-state index contributed by atoms with van der Waals surface area (Å²) in [4.78, 5) is 11.9. The van der Waals surface area contributed by atoms with Crippen molar-refractivity contribution >= 4 is 5.97 Å². The van der Waals surface area contributed by atoms with E-state index in [9.17, 15) is 26.7 Å². The molecule has 0 spiro atoms. The van der Waals surface area contributed by atoms with E-state index in [-0.39, 0.29) is 17.5 Å². The van der Waals surface area contributed by atoms with E-state index in [0.717, 1.165) is 20.1 Å². The SMILES string of the molecule is COC(=O)C1CC(C)(C(F)(F)F)CC1c1ccc(F)c(F)c1C. The maximum absolute atomic E-state index is 13.8. The molecule has 0 radical (unpaired) electrons. The third-order valence-electron chi connectivity index (χ3n) is 4.80. The fourth-order valence-electron chi connectivity index (χ4n) is 3.36. The number of methoxy groups -OCH3 is 1. The van der Waals surface area contributed by atoms with Gasteiger partial charge < -0.3 is 4.74 Å². The van der Waals surface area contributed by atoms with Gasteiger partial charge in [-0.25, -0.2) is 8.78 Å². The number of carbonyl (C=O) groups excluding carboxylic acids is 1. The second-order valence-electron chi connectivity index (χ2n) is 6.28. The summed E-state index contributed by atoms with van der Waals surface area (Å²) in [5.74, 6) is -4.87. The number of hydrogen-bond acceptors (Lipinski definition) is 2. The molecule has 128 valence electrons. The van der Waals surface area contributed by atoms with Crippen molar-refractivity contribution in [2.45, 2.75) is 38.8 Å². The molecule has 23 heavy (non-hydrogen) atoms. The van der Waals surface area contributed by atoms with Gasteiger partial charge in [-0.05, 0) is 42.9 Å². The number of carbonyl (C=O) groups is 1. The summed E-state index contributed by atoms with van der Waals surface area (Å²) in [5.41, 5.74) is -1.93. The lowest BCUT2D eigenvalue weighted by Gasteiger charge is -2.27. The Morgan fingerprint density at radius 3 is 2.39 bits per heavy atom. The Hall–Kier alpha value is -1.66. The molecule has 0 saturated heterocycles. The predicted octanol–water partition coefficient (Wildman–Crippen LogP) is 4.51. The summed E-state index contributed by atoms with van der Waals surface area (Å²) >= 11 is 0. The number of rotatable bonds is 2. The van der Waals surface area contributed by atoms with Crippen LogP contribution in [-0.4, -0.2) is 19.3 Å². The molecular weight excluding hydrogens is 319 g/mol. The van der Waals surface area contributed by atoms with Gasteiger partial charge in [0.05, 0.1) is 18.4 Å². The summed E-state index contributed by atoms with van der Waals surface area (Å²) in [6.07, 6.45) is -5.31. The standard InChI is InChI=1S/C16H17F5O2/c1-8-9(4-5-12(17)13(8)18)10-6-15(2,16(19,20)21)7-11(10)14(22)23-3/h4-5,10-11H,6-7H2,1-3H3. The van der Waals surface area contributed by atoms with E-state index >= 15 is 0 Å². The summed E-state index contributed by atoms with van der Waals surface area (Å²) in [7, 11) is 1.10. The lowest BCUT2D eigenvalue weighted by molar-refractivity contribution is -0.216. The molecule has 2 rings (SSSR count). The molecule has 1 saturated carbocycles. The van der Waals surface area contributed by atoms with Crippen molar-refractivity contribution in [3.05, 3.63) is 34.9 Å². The third kappa shape index (κ3) is 2.93. The van der Waals surface area contributed by atoms with Gasteiger partial charge in [-0.1, -0.05) is 13.0 Å². The summed E-state index contributed by atoms with van der Waals surface area (Å²) in [6, 6.07) is 2.12. The molecule has 0 N–H and O–H groups in total. The van der Waals surface area contributed by atoms with Crippen LogP contribution in [0.4, 0.5) is 22.0 Å². The first kappa shape index (κ1) is 17.7. The topological polar surface area (TPSA) is 26.3 Å². The molecule has 2 nitrogen and oxygen atoms in total. The monoisotopic (exact) mass is 336 g/mol. The molecule has 3 unspecified atom stereocenters. The molecule has 0 heterocycles. The summed E-state index contributed by atoms with van der Waals surface area (Å²) in [6.45, 7) is 2.34. The first-order valence-corrected chi connectivity index (χ1v) is 7.11. The van der Waals surface area contributed by atoms with Crippen molar-refractivity contribution < 1.29 is 31.5 Å². The van der Waals surface area contributed by atoms with Crippen molar-refractivity contribution in [2.75, 3.05) is 7.11 Å². The molecule has 1 aromatic carbocycles. The summed E-state index contributed by atoms with van der Waals surface area (Å²) < 4.78 is 71.6. The molecule has 0 aromatic heterocycles. The van der Waals surface area contributed by atoms with Crippen LogP contribution >= 0.6 is 0 Å². The highest BCUT2D eigenvalue weighted by Gasteiger charge is 2.59. The van der Waals surface area contributed by atoms with Crippen molar-refractivity contribution in [2.24, 2.45) is 11.3 Å².